The molecule has 2 aromatic carbocycles. The number of fused-ring (bicyclic) bond motifs is 1. The van der Waals surface area contributed by atoms with Crippen LogP contribution in [-0.2, 0) is 0 Å². The van der Waals surface area contributed by atoms with Crippen molar-refractivity contribution in [1.82, 2.24) is 14.8 Å². The number of phenols is 1. The molecular formula is C23H23N3OS. The molecule has 0 aliphatic heterocycles. The van der Waals surface area contributed by atoms with Gasteiger partial charge < -0.3 is 5.11 Å². The first-order chi connectivity index (χ1) is 13.5. The molecule has 28 heavy (non-hydrogen) atoms. The van der Waals surface area contributed by atoms with Gasteiger partial charge in [0.2, 0.25) is 0 Å². The number of nitrogens with one attached hydrogen (secondary N) is 1. The molecule has 0 saturated heterocycles. The van der Waals surface area contributed by atoms with Crippen molar-refractivity contribution in [1.29, 1.82) is 0 Å². The molecule has 1 saturated carbocycles. The van der Waals surface area contributed by atoms with E-state index in [1.54, 1.807) is 0 Å². The third-order valence-electron chi connectivity index (χ3n) is 5.83. The summed E-state index contributed by atoms with van der Waals surface area (Å²) in [5, 5.41) is 20.5. The van der Waals surface area contributed by atoms with Gasteiger partial charge in [-0.25, -0.2) is 0 Å². The van der Waals surface area contributed by atoms with E-state index in [9.17, 15) is 5.11 Å². The molecule has 0 bridgehead atoms. The molecule has 1 aromatic heterocycles. The molecule has 5 rings (SSSR count). The van der Waals surface area contributed by atoms with Crippen molar-refractivity contribution in [3.8, 4) is 17.1 Å². The quantitative estimate of drug-likeness (QED) is 0.667. The molecule has 0 amide bonds. The Morgan fingerprint density at radius 3 is 2.79 bits per heavy atom. The maximum Gasteiger partial charge on any atom is 0.199 e. The van der Waals surface area contributed by atoms with E-state index in [4.69, 9.17) is 12.2 Å². The highest BCUT2D eigenvalue weighted by atomic mass is 32.1. The number of aromatic nitrogens is 3. The fraction of sp³-hybridized carbons (Fsp3) is 0.304. The maximum absolute atomic E-state index is 10.4. The molecule has 2 N–H and O–H groups in total. The number of aryl methyl sites for hydroxylation is 1. The number of hydrogen-bond acceptors (Lipinski definition) is 3. The zero-order valence-electron chi connectivity index (χ0n) is 16.1. The van der Waals surface area contributed by atoms with Crippen molar-refractivity contribution in [3.05, 3.63) is 62.7 Å². The smallest absolute Gasteiger partial charge is 0.199 e. The second kappa shape index (κ2) is 6.45. The first kappa shape index (κ1) is 17.4. The molecular weight excluding hydrogens is 366 g/mol. The Morgan fingerprint density at radius 1 is 1.21 bits per heavy atom. The summed E-state index contributed by atoms with van der Waals surface area (Å²) in [5.74, 6) is 2.11. The third kappa shape index (κ3) is 2.81. The van der Waals surface area contributed by atoms with Crippen molar-refractivity contribution in [2.24, 2.45) is 5.92 Å². The van der Waals surface area contributed by atoms with Gasteiger partial charge in [0.05, 0.1) is 0 Å². The molecule has 1 fully saturated rings. The molecule has 1 atom stereocenters. The van der Waals surface area contributed by atoms with Gasteiger partial charge in [-0.2, -0.15) is 5.10 Å². The molecule has 0 radical (unpaired) electrons. The van der Waals surface area contributed by atoms with Crippen LogP contribution >= 0.6 is 12.2 Å². The summed E-state index contributed by atoms with van der Waals surface area (Å²) in [6, 6.07) is 12.4. The number of nitrogens with zero attached hydrogens (tertiary/aromatic N) is 2. The fourth-order valence-electron chi connectivity index (χ4n) is 4.30. The van der Waals surface area contributed by atoms with E-state index in [-0.39, 0.29) is 0 Å². The highest BCUT2D eigenvalue weighted by molar-refractivity contribution is 7.71. The number of aromatic hydroxyl groups is 1. The van der Waals surface area contributed by atoms with E-state index >= 15 is 0 Å². The van der Waals surface area contributed by atoms with Gasteiger partial charge in [-0.3, -0.25) is 9.67 Å². The number of aromatic amines is 1. The lowest BCUT2D eigenvalue weighted by Gasteiger charge is -2.19. The standard InChI is InChI=1S/C23H23N3OS/c1-13-9-16-5-3-4-6-17(16)20(10-13)26-22(24-25-23(26)28)18-12-19(15-7-8-15)21(27)11-14(18)2/h3-6,9,11-13,15,27H,7-8,10H2,1-2H3,(H,25,28). The average Bonchev–Trinajstić information content (AvgIpc) is 3.43. The minimum atomic E-state index is 0.392. The largest absolute Gasteiger partial charge is 0.508 e. The number of hydrogen-bond donors (Lipinski definition) is 2. The number of benzene rings is 2. The van der Waals surface area contributed by atoms with E-state index < -0.39 is 0 Å². The Kier molecular flexibility index (Phi) is 4.02. The SMILES string of the molecule is Cc1cc(O)c(C2CC2)cc1-c1n[nH]c(=S)n1C1=c2ccccc2=CC(C)C1. The van der Waals surface area contributed by atoms with Crippen LogP contribution in [0.15, 0.2) is 36.4 Å². The van der Waals surface area contributed by atoms with Crippen LogP contribution in [0.2, 0.25) is 0 Å². The van der Waals surface area contributed by atoms with Crippen molar-refractivity contribution in [3.63, 3.8) is 0 Å². The van der Waals surface area contributed by atoms with Gasteiger partial charge in [-0.05, 0) is 78.7 Å². The van der Waals surface area contributed by atoms with Crippen LogP contribution in [0.4, 0.5) is 0 Å². The van der Waals surface area contributed by atoms with Crippen molar-refractivity contribution >= 4 is 24.0 Å². The van der Waals surface area contributed by atoms with Crippen molar-refractivity contribution < 1.29 is 5.11 Å². The number of phenolic OH excluding ortho intramolecular Hbond substituents is 1. The predicted octanol–water partition coefficient (Wildman–Crippen LogP) is 3.98. The van der Waals surface area contributed by atoms with Crippen LogP contribution in [0.3, 0.4) is 0 Å². The lowest BCUT2D eigenvalue weighted by molar-refractivity contribution is 0.468. The van der Waals surface area contributed by atoms with Crippen LogP contribution in [0.25, 0.3) is 23.2 Å². The average molecular weight is 390 g/mol. The van der Waals surface area contributed by atoms with E-state index in [0.717, 1.165) is 41.8 Å². The molecule has 1 unspecified atom stereocenters. The summed E-state index contributed by atoms with van der Waals surface area (Å²) < 4.78 is 2.70. The molecule has 0 spiro atoms. The lowest BCUT2D eigenvalue weighted by Crippen LogP contribution is -2.33. The predicted molar refractivity (Wildman–Crippen MR) is 114 cm³/mol. The van der Waals surface area contributed by atoms with Crippen LogP contribution in [0, 0.1) is 17.6 Å². The lowest BCUT2D eigenvalue weighted by atomic mass is 9.95. The maximum atomic E-state index is 10.4. The van der Waals surface area contributed by atoms with Crippen LogP contribution < -0.4 is 10.4 Å². The van der Waals surface area contributed by atoms with Gasteiger partial charge in [0.25, 0.3) is 0 Å². The van der Waals surface area contributed by atoms with Gasteiger partial charge in [-0.1, -0.05) is 37.3 Å². The zero-order chi connectivity index (χ0) is 19.4. The molecule has 5 heteroatoms. The first-order valence-electron chi connectivity index (χ1n) is 9.84. The minimum Gasteiger partial charge on any atom is -0.508 e. The summed E-state index contributed by atoms with van der Waals surface area (Å²) >= 11 is 5.65. The molecule has 2 aliphatic carbocycles. The Morgan fingerprint density at radius 2 is 2.00 bits per heavy atom. The van der Waals surface area contributed by atoms with Crippen molar-refractivity contribution in [2.75, 3.05) is 0 Å². The minimum absolute atomic E-state index is 0.392. The second-order valence-corrected chi connectivity index (χ2v) is 8.46. The normalized spacial score (nSPS) is 18.6. The van der Waals surface area contributed by atoms with Gasteiger partial charge in [0, 0.05) is 16.5 Å². The Balaban J connectivity index is 1.79. The topological polar surface area (TPSA) is 53.8 Å². The van der Waals surface area contributed by atoms with Gasteiger partial charge in [0.15, 0.2) is 10.6 Å². The van der Waals surface area contributed by atoms with E-state index in [0.29, 0.717) is 22.4 Å². The highest BCUT2D eigenvalue weighted by Crippen LogP contribution is 2.46. The second-order valence-electron chi connectivity index (χ2n) is 8.07. The van der Waals surface area contributed by atoms with Gasteiger partial charge in [-0.15, -0.1) is 0 Å². The van der Waals surface area contributed by atoms with Crippen LogP contribution in [-0.4, -0.2) is 19.9 Å². The van der Waals surface area contributed by atoms with Gasteiger partial charge >= 0.3 is 0 Å². The molecule has 142 valence electrons. The van der Waals surface area contributed by atoms with Crippen LogP contribution in [0.1, 0.15) is 43.2 Å². The third-order valence-corrected chi connectivity index (χ3v) is 6.10. The Labute approximate surface area is 168 Å². The summed E-state index contributed by atoms with van der Waals surface area (Å²) in [6.07, 6.45) is 5.51. The molecule has 1 heterocycles. The van der Waals surface area contributed by atoms with Gasteiger partial charge in [0.1, 0.15) is 5.75 Å². The van der Waals surface area contributed by atoms with E-state index in [2.05, 4.69) is 58.1 Å². The zero-order valence-corrected chi connectivity index (χ0v) is 16.9. The number of rotatable bonds is 3. The summed E-state index contributed by atoms with van der Waals surface area (Å²) in [7, 11) is 0. The summed E-state index contributed by atoms with van der Waals surface area (Å²) in [5.41, 5.74) is 4.23. The summed E-state index contributed by atoms with van der Waals surface area (Å²) in [6.45, 7) is 4.25. The summed E-state index contributed by atoms with van der Waals surface area (Å²) in [4.78, 5) is 0. The number of H-pyrrole nitrogens is 1. The monoisotopic (exact) mass is 389 g/mol. The van der Waals surface area contributed by atoms with Crippen LogP contribution in [0.5, 0.6) is 5.75 Å². The molecule has 3 aromatic rings. The molecule has 2 aliphatic rings. The fourth-order valence-corrected chi connectivity index (χ4v) is 4.54. The van der Waals surface area contributed by atoms with E-state index in [1.165, 1.54) is 16.1 Å². The van der Waals surface area contributed by atoms with Crippen molar-refractivity contribution in [2.45, 2.75) is 39.0 Å². The highest BCUT2D eigenvalue weighted by Gasteiger charge is 2.28. The first-order valence-corrected chi connectivity index (χ1v) is 10.3. The van der Waals surface area contributed by atoms with E-state index in [1.807, 2.05) is 13.0 Å². The molecule has 4 nitrogen and oxygen atoms in total. The Bertz CT molecular complexity index is 1260. The Hall–Kier alpha value is -2.66.